The zero-order chi connectivity index (χ0) is 12.1. The summed E-state index contributed by atoms with van der Waals surface area (Å²) in [6, 6.07) is 3.92. The minimum absolute atomic E-state index is 0.105. The van der Waals surface area contributed by atoms with Crippen molar-refractivity contribution in [1.82, 2.24) is 0 Å². The third-order valence-corrected chi connectivity index (χ3v) is 1.90. The fourth-order valence-electron chi connectivity index (χ4n) is 1.17. The minimum Gasteiger partial charge on any atom is -0.497 e. The van der Waals surface area contributed by atoms with Gasteiger partial charge in [-0.05, 0) is 13.0 Å². The number of benzene rings is 1. The summed E-state index contributed by atoms with van der Waals surface area (Å²) in [4.78, 5) is 21.5. The number of nitro benzene ring substituents is 1. The number of nitro groups is 1. The van der Waals surface area contributed by atoms with Crippen molar-refractivity contribution in [3.05, 3.63) is 33.9 Å². The van der Waals surface area contributed by atoms with Crippen molar-refractivity contribution >= 4 is 11.7 Å². The molecule has 0 aliphatic carbocycles. The molecule has 0 bridgehead atoms. The molecule has 6 heteroatoms. The Bertz CT molecular complexity index is 416. The van der Waals surface area contributed by atoms with E-state index in [1.165, 1.54) is 25.3 Å². The van der Waals surface area contributed by atoms with Crippen molar-refractivity contribution in [2.75, 3.05) is 13.7 Å². The zero-order valence-corrected chi connectivity index (χ0v) is 8.93. The van der Waals surface area contributed by atoms with Gasteiger partial charge in [0.25, 0.3) is 5.69 Å². The van der Waals surface area contributed by atoms with Crippen LogP contribution >= 0.6 is 0 Å². The molecule has 0 aliphatic rings. The van der Waals surface area contributed by atoms with Crippen LogP contribution in [0.25, 0.3) is 0 Å². The van der Waals surface area contributed by atoms with E-state index in [0.717, 1.165) is 0 Å². The van der Waals surface area contributed by atoms with Gasteiger partial charge in [0.15, 0.2) is 0 Å². The van der Waals surface area contributed by atoms with E-state index in [0.29, 0.717) is 5.75 Å². The van der Waals surface area contributed by atoms with Gasteiger partial charge in [0.05, 0.1) is 18.6 Å². The van der Waals surface area contributed by atoms with Crippen LogP contribution in [-0.4, -0.2) is 24.6 Å². The van der Waals surface area contributed by atoms with Gasteiger partial charge in [-0.2, -0.15) is 0 Å². The zero-order valence-electron chi connectivity index (χ0n) is 8.93. The van der Waals surface area contributed by atoms with Crippen LogP contribution in [0.5, 0.6) is 5.75 Å². The van der Waals surface area contributed by atoms with E-state index < -0.39 is 10.9 Å². The lowest BCUT2D eigenvalue weighted by molar-refractivity contribution is -0.385. The maximum Gasteiger partial charge on any atom is 0.345 e. The number of nitrogens with zero attached hydrogens (tertiary/aromatic N) is 1. The second-order valence-corrected chi connectivity index (χ2v) is 2.86. The average Bonchev–Trinajstić information content (AvgIpc) is 2.28. The molecule has 16 heavy (non-hydrogen) atoms. The smallest absolute Gasteiger partial charge is 0.345 e. The number of methoxy groups -OCH3 is 1. The largest absolute Gasteiger partial charge is 0.497 e. The Morgan fingerprint density at radius 2 is 2.19 bits per heavy atom. The summed E-state index contributed by atoms with van der Waals surface area (Å²) in [5.41, 5.74) is -0.398. The van der Waals surface area contributed by atoms with E-state index in [4.69, 9.17) is 9.47 Å². The summed E-state index contributed by atoms with van der Waals surface area (Å²) < 4.78 is 9.61. The maximum absolute atomic E-state index is 11.5. The molecule has 86 valence electrons. The Balaban J connectivity index is 3.20. The van der Waals surface area contributed by atoms with Crippen LogP contribution in [0.3, 0.4) is 0 Å². The third-order valence-electron chi connectivity index (χ3n) is 1.90. The SMILES string of the molecule is CCOC(=O)c1cc(OC)ccc1[N+](=O)[O-]. The van der Waals surface area contributed by atoms with Crippen LogP contribution in [0.15, 0.2) is 18.2 Å². The standard InChI is InChI=1S/C10H11NO5/c1-3-16-10(12)8-6-7(15-2)4-5-9(8)11(13)14/h4-6H,3H2,1-2H3. The van der Waals surface area contributed by atoms with Gasteiger partial charge in [-0.15, -0.1) is 0 Å². The molecule has 6 nitrogen and oxygen atoms in total. The average molecular weight is 225 g/mol. The lowest BCUT2D eigenvalue weighted by atomic mass is 10.1. The topological polar surface area (TPSA) is 78.7 Å². The predicted molar refractivity (Wildman–Crippen MR) is 55.6 cm³/mol. The molecule has 1 aromatic rings. The van der Waals surface area contributed by atoms with Crippen LogP contribution < -0.4 is 4.74 Å². The van der Waals surface area contributed by atoms with Gasteiger partial charge in [-0.25, -0.2) is 4.79 Å². The quantitative estimate of drug-likeness (QED) is 0.443. The number of carbonyl (C=O) groups excluding carboxylic acids is 1. The van der Waals surface area contributed by atoms with E-state index >= 15 is 0 Å². The van der Waals surface area contributed by atoms with Gasteiger partial charge >= 0.3 is 5.97 Å². The molecule has 0 aliphatic heterocycles. The van der Waals surface area contributed by atoms with E-state index in [1.807, 2.05) is 0 Å². The maximum atomic E-state index is 11.5. The summed E-state index contributed by atoms with van der Waals surface area (Å²) in [5, 5.41) is 10.7. The third kappa shape index (κ3) is 2.47. The number of hydrogen-bond donors (Lipinski definition) is 0. The highest BCUT2D eigenvalue weighted by Gasteiger charge is 2.21. The van der Waals surface area contributed by atoms with E-state index in [-0.39, 0.29) is 17.9 Å². The Morgan fingerprint density at radius 3 is 2.69 bits per heavy atom. The molecular weight excluding hydrogens is 214 g/mol. The van der Waals surface area contributed by atoms with Gasteiger partial charge in [0.2, 0.25) is 0 Å². The molecular formula is C10H11NO5. The number of hydrogen-bond acceptors (Lipinski definition) is 5. The van der Waals surface area contributed by atoms with Crippen molar-refractivity contribution in [2.45, 2.75) is 6.92 Å². The molecule has 0 fully saturated rings. The van der Waals surface area contributed by atoms with Crippen molar-refractivity contribution in [3.63, 3.8) is 0 Å². The van der Waals surface area contributed by atoms with Crippen LogP contribution in [0, 0.1) is 10.1 Å². The summed E-state index contributed by atoms with van der Waals surface area (Å²) in [5.74, 6) is -0.359. The first-order valence-corrected chi connectivity index (χ1v) is 4.59. The molecule has 0 saturated carbocycles. The summed E-state index contributed by atoms with van der Waals surface area (Å²) in [7, 11) is 1.41. The molecule has 0 spiro atoms. The molecule has 0 atom stereocenters. The normalized spacial score (nSPS) is 9.62. The van der Waals surface area contributed by atoms with Crippen LogP contribution in [0.4, 0.5) is 5.69 Å². The molecule has 0 heterocycles. The first kappa shape index (κ1) is 12.0. The van der Waals surface area contributed by atoms with Crippen molar-refractivity contribution < 1.29 is 19.2 Å². The Kier molecular flexibility index (Phi) is 3.82. The van der Waals surface area contributed by atoms with E-state index in [1.54, 1.807) is 6.92 Å². The van der Waals surface area contributed by atoms with E-state index in [2.05, 4.69) is 0 Å². The van der Waals surface area contributed by atoms with Crippen molar-refractivity contribution in [3.8, 4) is 5.75 Å². The molecule has 0 amide bonds. The fourth-order valence-corrected chi connectivity index (χ4v) is 1.17. The monoisotopic (exact) mass is 225 g/mol. The van der Waals surface area contributed by atoms with Crippen molar-refractivity contribution in [2.24, 2.45) is 0 Å². The number of carbonyl (C=O) groups is 1. The Hall–Kier alpha value is -2.11. The van der Waals surface area contributed by atoms with Crippen LogP contribution in [0.2, 0.25) is 0 Å². The fraction of sp³-hybridized carbons (Fsp3) is 0.300. The highest BCUT2D eigenvalue weighted by molar-refractivity contribution is 5.94. The van der Waals surface area contributed by atoms with E-state index in [9.17, 15) is 14.9 Å². The van der Waals surface area contributed by atoms with Gasteiger partial charge in [0.1, 0.15) is 11.3 Å². The van der Waals surface area contributed by atoms with Crippen LogP contribution in [0.1, 0.15) is 17.3 Å². The summed E-state index contributed by atoms with van der Waals surface area (Å²) >= 11 is 0. The first-order chi connectivity index (χ1) is 7.60. The Morgan fingerprint density at radius 1 is 1.50 bits per heavy atom. The second kappa shape index (κ2) is 5.11. The lowest BCUT2D eigenvalue weighted by Crippen LogP contribution is -2.08. The lowest BCUT2D eigenvalue weighted by Gasteiger charge is -2.05. The number of rotatable bonds is 4. The molecule has 0 radical (unpaired) electrons. The van der Waals surface area contributed by atoms with Crippen LogP contribution in [-0.2, 0) is 4.74 Å². The van der Waals surface area contributed by atoms with Crippen molar-refractivity contribution in [1.29, 1.82) is 0 Å². The second-order valence-electron chi connectivity index (χ2n) is 2.86. The molecule has 1 rings (SSSR count). The van der Waals surface area contributed by atoms with Gasteiger partial charge in [-0.1, -0.05) is 0 Å². The number of ether oxygens (including phenoxy) is 2. The molecule has 0 unspecified atom stereocenters. The predicted octanol–water partition coefficient (Wildman–Crippen LogP) is 1.78. The summed E-state index contributed by atoms with van der Waals surface area (Å²) in [6.45, 7) is 1.79. The minimum atomic E-state index is -0.729. The molecule has 0 aromatic heterocycles. The summed E-state index contributed by atoms with van der Waals surface area (Å²) in [6.07, 6.45) is 0. The molecule has 0 N–H and O–H groups in total. The Labute approximate surface area is 91.9 Å². The highest BCUT2D eigenvalue weighted by Crippen LogP contribution is 2.24. The molecule has 0 saturated heterocycles. The highest BCUT2D eigenvalue weighted by atomic mass is 16.6. The van der Waals surface area contributed by atoms with Gasteiger partial charge in [0, 0.05) is 12.1 Å². The first-order valence-electron chi connectivity index (χ1n) is 4.59. The van der Waals surface area contributed by atoms with Gasteiger partial charge < -0.3 is 9.47 Å². The molecule has 1 aromatic carbocycles. The van der Waals surface area contributed by atoms with Gasteiger partial charge in [-0.3, -0.25) is 10.1 Å². The number of esters is 1.